The summed E-state index contributed by atoms with van der Waals surface area (Å²) in [6.07, 6.45) is 2.49. The van der Waals surface area contributed by atoms with E-state index in [1.165, 1.54) is 27.6 Å². The summed E-state index contributed by atoms with van der Waals surface area (Å²) in [5.74, 6) is 0.872. The fraction of sp³-hybridized carbons (Fsp3) is 0.348. The van der Waals surface area contributed by atoms with Gasteiger partial charge in [0, 0.05) is 5.69 Å². The Morgan fingerprint density at radius 2 is 1.87 bits per heavy atom. The normalized spacial score (nSPS) is 12.5. The van der Waals surface area contributed by atoms with E-state index < -0.39 is 0 Å². The number of nitrogens with zero attached hydrogens (tertiary/aromatic N) is 3. The Morgan fingerprint density at radius 1 is 1.13 bits per heavy atom. The highest BCUT2D eigenvalue weighted by Crippen LogP contribution is 2.34. The number of aromatic nitrogens is 3. The van der Waals surface area contributed by atoms with Gasteiger partial charge in [0.1, 0.15) is 10.9 Å². The van der Waals surface area contributed by atoms with Crippen molar-refractivity contribution in [2.45, 2.75) is 57.2 Å². The van der Waals surface area contributed by atoms with Crippen LogP contribution in [0.15, 0.2) is 40.7 Å². The zero-order valence-corrected chi connectivity index (χ0v) is 19.4. The monoisotopic (exact) mass is 438 g/mol. The number of thioether (sulfide) groups is 1. The molecule has 0 aliphatic rings. The lowest BCUT2D eigenvalue weighted by atomic mass is 10.0. The molecule has 1 amide bonds. The molecular weight excluding hydrogens is 412 g/mol. The molecule has 1 N–H and O–H groups in total. The Bertz CT molecular complexity index is 1190. The molecule has 0 radical (unpaired) electrons. The SMILES string of the molecule is CCc1cccc(CC)c1NC(=O)[C@H](CC)Sc1nnc(C)n2c1cc1sccc12. The first kappa shape index (κ1) is 20.9. The van der Waals surface area contributed by atoms with E-state index in [-0.39, 0.29) is 11.2 Å². The molecule has 1 aromatic carbocycles. The number of hydrogen-bond donors (Lipinski definition) is 1. The maximum absolute atomic E-state index is 13.2. The van der Waals surface area contributed by atoms with E-state index in [2.05, 4.69) is 69.5 Å². The molecule has 0 fully saturated rings. The molecule has 4 rings (SSSR count). The first-order chi connectivity index (χ1) is 14.6. The summed E-state index contributed by atoms with van der Waals surface area (Å²) < 4.78 is 3.34. The summed E-state index contributed by atoms with van der Waals surface area (Å²) in [6, 6.07) is 10.5. The maximum Gasteiger partial charge on any atom is 0.237 e. The third kappa shape index (κ3) is 3.72. The lowest BCUT2D eigenvalue weighted by Gasteiger charge is -2.18. The minimum Gasteiger partial charge on any atom is -0.325 e. The van der Waals surface area contributed by atoms with Gasteiger partial charge in [-0.1, -0.05) is 50.7 Å². The van der Waals surface area contributed by atoms with Crippen LogP contribution < -0.4 is 5.32 Å². The molecule has 7 heteroatoms. The highest BCUT2D eigenvalue weighted by atomic mass is 32.2. The number of fused-ring (bicyclic) bond motifs is 3. The molecule has 1 atom stereocenters. The second kappa shape index (κ2) is 8.78. The summed E-state index contributed by atoms with van der Waals surface area (Å²) >= 11 is 3.20. The number of rotatable bonds is 7. The summed E-state index contributed by atoms with van der Waals surface area (Å²) in [4.78, 5) is 13.2. The van der Waals surface area contributed by atoms with Crippen LogP contribution in [0.1, 0.15) is 44.1 Å². The molecular formula is C23H26N4OS2. The van der Waals surface area contributed by atoms with E-state index in [0.717, 1.165) is 40.4 Å². The average molecular weight is 439 g/mol. The zero-order chi connectivity index (χ0) is 21.3. The van der Waals surface area contributed by atoms with Crippen LogP contribution in [0, 0.1) is 6.92 Å². The van der Waals surface area contributed by atoms with Crippen molar-refractivity contribution < 1.29 is 4.79 Å². The Balaban J connectivity index is 1.65. The predicted octanol–water partition coefficient (Wildman–Crippen LogP) is 5.89. The number of carbonyl (C=O) groups excluding carboxylic acids is 1. The van der Waals surface area contributed by atoms with Gasteiger partial charge in [-0.05, 0) is 54.8 Å². The minimum absolute atomic E-state index is 0.0204. The van der Waals surface area contributed by atoms with Gasteiger partial charge in [-0.25, -0.2) is 0 Å². The fourth-order valence-electron chi connectivity index (χ4n) is 3.79. The van der Waals surface area contributed by atoms with E-state index in [9.17, 15) is 4.79 Å². The van der Waals surface area contributed by atoms with Crippen molar-refractivity contribution in [3.63, 3.8) is 0 Å². The number of amides is 1. The first-order valence-electron chi connectivity index (χ1n) is 10.4. The number of anilines is 1. The number of para-hydroxylation sites is 1. The van der Waals surface area contributed by atoms with Crippen LogP contribution in [0.5, 0.6) is 0 Å². The molecule has 0 bridgehead atoms. The largest absolute Gasteiger partial charge is 0.325 e. The minimum atomic E-state index is -0.242. The summed E-state index contributed by atoms with van der Waals surface area (Å²) in [5.41, 5.74) is 5.48. The number of thiophene rings is 1. The van der Waals surface area contributed by atoms with E-state index in [0.29, 0.717) is 6.42 Å². The highest BCUT2D eigenvalue weighted by molar-refractivity contribution is 8.00. The predicted molar refractivity (Wildman–Crippen MR) is 127 cm³/mol. The Morgan fingerprint density at radius 3 is 2.53 bits per heavy atom. The maximum atomic E-state index is 13.2. The van der Waals surface area contributed by atoms with Crippen molar-refractivity contribution in [1.82, 2.24) is 14.6 Å². The molecule has 3 heterocycles. The number of benzene rings is 1. The Labute approximate surface area is 184 Å². The Hall–Kier alpha value is -2.38. The second-order valence-electron chi connectivity index (χ2n) is 7.25. The third-order valence-corrected chi connectivity index (χ3v) is 7.61. The van der Waals surface area contributed by atoms with Crippen molar-refractivity contribution in [3.05, 3.63) is 52.7 Å². The molecule has 5 nitrogen and oxygen atoms in total. The van der Waals surface area contributed by atoms with Gasteiger partial charge in [-0.2, -0.15) is 0 Å². The van der Waals surface area contributed by atoms with Crippen molar-refractivity contribution >= 4 is 50.4 Å². The standard InChI is InChI=1S/C23H26N4OS2/c1-5-15-9-8-10-16(6-2)21(15)24-22(28)19(7-3)30-23-18-13-20-17(11-12-29-20)27(18)14(4)25-26-23/h8-13,19H,5-7H2,1-4H3,(H,24,28)/t19-/m0/s1. The zero-order valence-electron chi connectivity index (χ0n) is 17.7. The summed E-state index contributed by atoms with van der Waals surface area (Å²) in [6.45, 7) is 8.24. The topological polar surface area (TPSA) is 59.3 Å². The van der Waals surface area contributed by atoms with Gasteiger partial charge >= 0.3 is 0 Å². The molecule has 30 heavy (non-hydrogen) atoms. The molecule has 156 valence electrons. The van der Waals surface area contributed by atoms with Gasteiger partial charge in [0.25, 0.3) is 0 Å². The van der Waals surface area contributed by atoms with Crippen LogP contribution in [-0.2, 0) is 17.6 Å². The summed E-state index contributed by atoms with van der Waals surface area (Å²) in [7, 11) is 0. The van der Waals surface area contributed by atoms with Gasteiger partial charge in [-0.15, -0.1) is 21.5 Å². The highest BCUT2D eigenvalue weighted by Gasteiger charge is 2.23. The second-order valence-corrected chi connectivity index (χ2v) is 9.39. The average Bonchev–Trinajstić information content (AvgIpc) is 3.35. The molecule has 0 unspecified atom stereocenters. The van der Waals surface area contributed by atoms with Crippen LogP contribution in [0.2, 0.25) is 0 Å². The third-order valence-electron chi connectivity index (χ3n) is 5.42. The molecule has 4 aromatic rings. The molecule has 0 aliphatic carbocycles. The van der Waals surface area contributed by atoms with Crippen molar-refractivity contribution in [2.24, 2.45) is 0 Å². The first-order valence-corrected chi connectivity index (χ1v) is 12.1. The lowest BCUT2D eigenvalue weighted by Crippen LogP contribution is -2.26. The van der Waals surface area contributed by atoms with Gasteiger partial charge in [0.05, 0.1) is 21.0 Å². The molecule has 0 aliphatic heterocycles. The molecule has 3 aromatic heterocycles. The summed E-state index contributed by atoms with van der Waals surface area (Å²) in [5, 5.41) is 14.7. The number of aryl methyl sites for hydroxylation is 3. The fourth-order valence-corrected chi connectivity index (χ4v) is 5.56. The van der Waals surface area contributed by atoms with Crippen molar-refractivity contribution in [1.29, 1.82) is 0 Å². The van der Waals surface area contributed by atoms with Crippen LogP contribution >= 0.6 is 23.1 Å². The van der Waals surface area contributed by atoms with Gasteiger partial charge < -0.3 is 5.32 Å². The quantitative estimate of drug-likeness (QED) is 0.366. The van der Waals surface area contributed by atoms with E-state index >= 15 is 0 Å². The molecule has 0 spiro atoms. The van der Waals surface area contributed by atoms with Crippen LogP contribution in [-0.4, -0.2) is 25.8 Å². The smallest absolute Gasteiger partial charge is 0.237 e. The van der Waals surface area contributed by atoms with Crippen LogP contribution in [0.25, 0.3) is 15.7 Å². The van der Waals surface area contributed by atoms with E-state index in [1.807, 2.05) is 13.8 Å². The van der Waals surface area contributed by atoms with Crippen LogP contribution in [0.4, 0.5) is 5.69 Å². The number of nitrogens with one attached hydrogen (secondary N) is 1. The van der Waals surface area contributed by atoms with E-state index in [4.69, 9.17) is 0 Å². The van der Waals surface area contributed by atoms with Crippen molar-refractivity contribution in [3.8, 4) is 0 Å². The number of carbonyl (C=O) groups is 1. The van der Waals surface area contributed by atoms with Gasteiger partial charge in [-0.3, -0.25) is 9.20 Å². The van der Waals surface area contributed by atoms with Crippen LogP contribution in [0.3, 0.4) is 0 Å². The number of hydrogen-bond acceptors (Lipinski definition) is 5. The molecule has 0 saturated carbocycles. The van der Waals surface area contributed by atoms with E-state index in [1.54, 1.807) is 11.3 Å². The molecule has 0 saturated heterocycles. The van der Waals surface area contributed by atoms with Crippen molar-refractivity contribution in [2.75, 3.05) is 5.32 Å². The Kier molecular flexibility index (Phi) is 6.11. The van der Waals surface area contributed by atoms with Gasteiger partial charge in [0.2, 0.25) is 5.91 Å². The lowest BCUT2D eigenvalue weighted by molar-refractivity contribution is -0.115. The van der Waals surface area contributed by atoms with Gasteiger partial charge in [0.15, 0.2) is 0 Å².